The summed E-state index contributed by atoms with van der Waals surface area (Å²) in [6.45, 7) is 1.99. The minimum atomic E-state index is -3.51. The molecule has 2 aromatic heterocycles. The fourth-order valence-corrected chi connectivity index (χ4v) is 5.16. The van der Waals surface area contributed by atoms with Gasteiger partial charge in [0.2, 0.25) is 11.8 Å². The molecule has 146 valence electrons. The molecule has 27 heavy (non-hydrogen) atoms. The van der Waals surface area contributed by atoms with Crippen molar-refractivity contribution in [3.8, 4) is 11.5 Å². The van der Waals surface area contributed by atoms with Gasteiger partial charge >= 0.3 is 0 Å². The third-order valence-electron chi connectivity index (χ3n) is 5.56. The molecule has 9 nitrogen and oxygen atoms in total. The molecule has 2 fully saturated rings. The molecular formula is C17H23N5O4S. The van der Waals surface area contributed by atoms with Gasteiger partial charge in [0, 0.05) is 63.8 Å². The number of ether oxygens (including phenoxy) is 1. The first-order chi connectivity index (χ1) is 12.9. The third-order valence-corrected chi connectivity index (χ3v) is 7.41. The quantitative estimate of drug-likeness (QED) is 0.767. The average molecular weight is 393 g/mol. The molecule has 0 saturated carbocycles. The lowest BCUT2D eigenvalue weighted by Crippen LogP contribution is -2.41. The van der Waals surface area contributed by atoms with Gasteiger partial charge in [-0.15, -0.1) is 10.2 Å². The minimum Gasteiger partial charge on any atom is -0.420 e. The SMILES string of the molecule is CN(C)S(=O)(=O)N1CC(c2nnc(-c3ccncc3)o2)C2(CCOCC2)C1. The molecule has 2 aliphatic rings. The van der Waals surface area contributed by atoms with E-state index < -0.39 is 10.2 Å². The number of aromatic nitrogens is 3. The Morgan fingerprint density at radius 3 is 2.56 bits per heavy atom. The molecule has 0 radical (unpaired) electrons. The van der Waals surface area contributed by atoms with Crippen LogP contribution in [0.15, 0.2) is 28.9 Å². The lowest BCUT2D eigenvalue weighted by atomic mass is 9.72. The van der Waals surface area contributed by atoms with E-state index in [1.54, 1.807) is 38.6 Å². The van der Waals surface area contributed by atoms with Gasteiger partial charge in [0.1, 0.15) is 0 Å². The van der Waals surface area contributed by atoms with Crippen molar-refractivity contribution in [2.24, 2.45) is 5.41 Å². The van der Waals surface area contributed by atoms with E-state index in [1.807, 2.05) is 0 Å². The van der Waals surface area contributed by atoms with E-state index in [2.05, 4.69) is 15.2 Å². The van der Waals surface area contributed by atoms with Crippen molar-refractivity contribution in [3.05, 3.63) is 30.4 Å². The van der Waals surface area contributed by atoms with Gasteiger partial charge in [0.05, 0.1) is 5.92 Å². The summed E-state index contributed by atoms with van der Waals surface area (Å²) in [5.41, 5.74) is 0.546. The van der Waals surface area contributed by atoms with Gasteiger partial charge in [-0.05, 0) is 25.0 Å². The largest absolute Gasteiger partial charge is 0.420 e. The zero-order chi connectivity index (χ0) is 19.1. The van der Waals surface area contributed by atoms with Gasteiger partial charge in [0.15, 0.2) is 0 Å². The summed E-state index contributed by atoms with van der Waals surface area (Å²) in [4.78, 5) is 4.00. The zero-order valence-electron chi connectivity index (χ0n) is 15.4. The van der Waals surface area contributed by atoms with Crippen LogP contribution >= 0.6 is 0 Å². The van der Waals surface area contributed by atoms with Crippen LogP contribution in [0.3, 0.4) is 0 Å². The van der Waals surface area contributed by atoms with E-state index >= 15 is 0 Å². The predicted molar refractivity (Wildman–Crippen MR) is 96.9 cm³/mol. The molecule has 4 rings (SSSR count). The predicted octanol–water partition coefficient (Wildman–Crippen LogP) is 1.13. The van der Waals surface area contributed by atoms with Crippen molar-refractivity contribution in [1.29, 1.82) is 0 Å². The molecular weight excluding hydrogens is 370 g/mol. The summed E-state index contributed by atoms with van der Waals surface area (Å²) < 4.78 is 39.7. The van der Waals surface area contributed by atoms with Gasteiger partial charge < -0.3 is 9.15 Å². The molecule has 2 aromatic rings. The lowest BCUT2D eigenvalue weighted by molar-refractivity contribution is 0.0111. The molecule has 1 unspecified atom stereocenters. The molecule has 0 amide bonds. The van der Waals surface area contributed by atoms with E-state index in [9.17, 15) is 8.42 Å². The summed E-state index contributed by atoms with van der Waals surface area (Å²) in [5.74, 6) is 0.753. The Hall–Kier alpha value is -1.88. The number of hydrogen-bond acceptors (Lipinski definition) is 7. The van der Waals surface area contributed by atoms with Crippen LogP contribution in [0.2, 0.25) is 0 Å². The van der Waals surface area contributed by atoms with Gasteiger partial charge in [-0.1, -0.05) is 0 Å². The number of nitrogens with zero attached hydrogens (tertiary/aromatic N) is 5. The summed E-state index contributed by atoms with van der Waals surface area (Å²) in [5, 5.41) is 8.45. The average Bonchev–Trinajstić information content (AvgIpc) is 3.28. The minimum absolute atomic E-state index is 0.154. The summed E-state index contributed by atoms with van der Waals surface area (Å²) in [7, 11) is -0.412. The third kappa shape index (κ3) is 3.27. The van der Waals surface area contributed by atoms with Gasteiger partial charge in [-0.25, -0.2) is 0 Å². The van der Waals surface area contributed by atoms with Crippen LogP contribution in [0.5, 0.6) is 0 Å². The Bertz CT molecular complexity index is 893. The maximum Gasteiger partial charge on any atom is 0.281 e. The van der Waals surface area contributed by atoms with Crippen molar-refractivity contribution in [2.45, 2.75) is 18.8 Å². The second-order valence-corrected chi connectivity index (χ2v) is 9.43. The van der Waals surface area contributed by atoms with Crippen LogP contribution in [-0.2, 0) is 14.9 Å². The summed E-state index contributed by atoms with van der Waals surface area (Å²) in [6.07, 6.45) is 4.87. The van der Waals surface area contributed by atoms with E-state index in [0.29, 0.717) is 38.1 Å². The van der Waals surface area contributed by atoms with E-state index in [-0.39, 0.29) is 11.3 Å². The van der Waals surface area contributed by atoms with Crippen molar-refractivity contribution >= 4 is 10.2 Å². The molecule has 2 saturated heterocycles. The van der Waals surface area contributed by atoms with Crippen molar-refractivity contribution in [2.75, 3.05) is 40.4 Å². The molecule has 1 spiro atoms. The normalized spacial score (nSPS) is 23.3. The molecule has 0 aliphatic carbocycles. The highest BCUT2D eigenvalue weighted by Crippen LogP contribution is 2.50. The Balaban J connectivity index is 1.68. The topological polar surface area (TPSA) is 102 Å². The lowest BCUT2D eigenvalue weighted by Gasteiger charge is -2.36. The van der Waals surface area contributed by atoms with Crippen molar-refractivity contribution in [1.82, 2.24) is 23.8 Å². The fourth-order valence-electron chi connectivity index (χ4n) is 3.94. The monoisotopic (exact) mass is 393 g/mol. The van der Waals surface area contributed by atoms with Gasteiger partial charge in [-0.2, -0.15) is 17.0 Å². The first-order valence-electron chi connectivity index (χ1n) is 8.91. The number of rotatable bonds is 4. The van der Waals surface area contributed by atoms with Crippen molar-refractivity contribution in [3.63, 3.8) is 0 Å². The summed E-state index contributed by atoms with van der Waals surface area (Å²) in [6, 6.07) is 3.61. The molecule has 0 bridgehead atoms. The molecule has 10 heteroatoms. The number of pyridine rings is 1. The van der Waals surface area contributed by atoms with Crippen LogP contribution in [0.25, 0.3) is 11.5 Å². The Morgan fingerprint density at radius 2 is 1.89 bits per heavy atom. The second-order valence-electron chi connectivity index (χ2n) is 7.29. The highest BCUT2D eigenvalue weighted by atomic mass is 32.2. The van der Waals surface area contributed by atoms with Gasteiger partial charge in [0.25, 0.3) is 10.2 Å². The Labute approximate surface area is 158 Å². The maximum atomic E-state index is 12.7. The molecule has 0 N–H and O–H groups in total. The number of hydrogen-bond donors (Lipinski definition) is 0. The highest BCUT2D eigenvalue weighted by molar-refractivity contribution is 7.86. The first kappa shape index (κ1) is 18.5. The summed E-state index contributed by atoms with van der Waals surface area (Å²) >= 11 is 0. The fraction of sp³-hybridized carbons (Fsp3) is 0.588. The van der Waals surface area contributed by atoms with Crippen LogP contribution in [0, 0.1) is 5.41 Å². The molecule has 1 atom stereocenters. The van der Waals surface area contributed by atoms with E-state index in [0.717, 1.165) is 18.4 Å². The second kappa shape index (κ2) is 6.93. The highest BCUT2D eigenvalue weighted by Gasteiger charge is 2.53. The zero-order valence-corrected chi connectivity index (χ0v) is 16.2. The van der Waals surface area contributed by atoms with Crippen LogP contribution in [-0.4, -0.2) is 72.6 Å². The van der Waals surface area contributed by atoms with Crippen LogP contribution in [0.1, 0.15) is 24.7 Å². The standard InChI is InChI=1S/C17H23N5O4S/c1-21(2)27(23,24)22-11-14(17(12-22)5-9-25-10-6-17)16-20-19-15(26-16)13-3-7-18-8-4-13/h3-4,7-8,14H,5-6,9-12H2,1-2H3. The van der Waals surface area contributed by atoms with Crippen molar-refractivity contribution < 1.29 is 17.6 Å². The molecule has 4 heterocycles. The molecule has 2 aliphatic heterocycles. The Morgan fingerprint density at radius 1 is 1.19 bits per heavy atom. The molecule has 0 aromatic carbocycles. The van der Waals surface area contributed by atoms with Crippen LogP contribution in [0.4, 0.5) is 0 Å². The Kier molecular flexibility index (Phi) is 4.75. The van der Waals surface area contributed by atoms with E-state index in [4.69, 9.17) is 9.15 Å². The van der Waals surface area contributed by atoms with Gasteiger partial charge in [-0.3, -0.25) is 4.98 Å². The maximum absolute atomic E-state index is 12.7. The van der Waals surface area contributed by atoms with E-state index in [1.165, 1.54) is 8.61 Å². The first-order valence-corrected chi connectivity index (χ1v) is 10.3. The van der Waals surface area contributed by atoms with Crippen LogP contribution < -0.4 is 0 Å². The smallest absolute Gasteiger partial charge is 0.281 e.